The molecule has 1 fully saturated rings. The Morgan fingerprint density at radius 1 is 1.11 bits per heavy atom. The Morgan fingerprint density at radius 2 is 1.86 bits per heavy atom. The molecule has 1 unspecified atom stereocenters. The lowest BCUT2D eigenvalue weighted by Crippen LogP contribution is -2.33. The van der Waals surface area contributed by atoms with E-state index in [0.717, 1.165) is 18.4 Å². The van der Waals surface area contributed by atoms with Crippen molar-refractivity contribution < 1.29 is 14.3 Å². The summed E-state index contributed by atoms with van der Waals surface area (Å²) < 4.78 is 7.28. The molecular weight excluding hydrogens is 356 g/mol. The molecule has 4 rings (SSSR count). The van der Waals surface area contributed by atoms with Crippen molar-refractivity contribution in [1.29, 1.82) is 0 Å². The van der Waals surface area contributed by atoms with E-state index >= 15 is 0 Å². The predicted molar refractivity (Wildman–Crippen MR) is 101 cm³/mol. The van der Waals surface area contributed by atoms with Crippen LogP contribution in [0.4, 0.5) is 0 Å². The summed E-state index contributed by atoms with van der Waals surface area (Å²) in [5, 5.41) is 6.97. The Kier molecular flexibility index (Phi) is 5.14. The van der Waals surface area contributed by atoms with Crippen LogP contribution in [-0.4, -0.2) is 32.7 Å². The van der Waals surface area contributed by atoms with Gasteiger partial charge < -0.3 is 10.1 Å². The van der Waals surface area contributed by atoms with Crippen LogP contribution < -0.4 is 5.32 Å². The topological polar surface area (TPSA) is 86.1 Å². The van der Waals surface area contributed by atoms with Crippen molar-refractivity contribution >= 4 is 11.9 Å². The summed E-state index contributed by atoms with van der Waals surface area (Å²) in [5.41, 5.74) is 2.02. The zero-order valence-electron chi connectivity index (χ0n) is 15.2. The SMILES string of the molecule is O=C(OC(C(=O)NC1CC1)c1ccccc1)c1ccc(Cn2cncn2)cc1. The van der Waals surface area contributed by atoms with E-state index in [-0.39, 0.29) is 11.9 Å². The van der Waals surface area contributed by atoms with E-state index < -0.39 is 12.1 Å². The van der Waals surface area contributed by atoms with Crippen LogP contribution in [0.2, 0.25) is 0 Å². The van der Waals surface area contributed by atoms with Crippen molar-refractivity contribution in [3.63, 3.8) is 0 Å². The van der Waals surface area contributed by atoms with Crippen LogP contribution in [0.25, 0.3) is 0 Å². The predicted octanol–water partition coefficient (Wildman–Crippen LogP) is 2.50. The van der Waals surface area contributed by atoms with Crippen LogP contribution in [0.3, 0.4) is 0 Å². The third kappa shape index (κ3) is 4.43. The van der Waals surface area contributed by atoms with Gasteiger partial charge in [-0.15, -0.1) is 0 Å². The molecule has 142 valence electrons. The van der Waals surface area contributed by atoms with Crippen LogP contribution in [0.15, 0.2) is 67.3 Å². The summed E-state index contributed by atoms with van der Waals surface area (Å²) in [4.78, 5) is 29.1. The Labute approximate surface area is 162 Å². The number of esters is 1. The van der Waals surface area contributed by atoms with E-state index in [0.29, 0.717) is 17.7 Å². The van der Waals surface area contributed by atoms with Crippen molar-refractivity contribution in [2.24, 2.45) is 0 Å². The van der Waals surface area contributed by atoms with Gasteiger partial charge in [0, 0.05) is 11.6 Å². The zero-order valence-corrected chi connectivity index (χ0v) is 15.2. The first-order valence-corrected chi connectivity index (χ1v) is 9.17. The largest absolute Gasteiger partial charge is 0.444 e. The van der Waals surface area contributed by atoms with Crippen molar-refractivity contribution in [2.75, 3.05) is 0 Å². The molecule has 3 aromatic rings. The summed E-state index contributed by atoms with van der Waals surface area (Å²) in [6, 6.07) is 16.3. The van der Waals surface area contributed by atoms with Crippen molar-refractivity contribution in [3.8, 4) is 0 Å². The molecule has 0 saturated heterocycles. The van der Waals surface area contributed by atoms with Crippen LogP contribution >= 0.6 is 0 Å². The minimum Gasteiger partial charge on any atom is -0.444 e. The van der Waals surface area contributed by atoms with Crippen molar-refractivity contribution in [3.05, 3.63) is 83.9 Å². The molecule has 7 heteroatoms. The van der Waals surface area contributed by atoms with Crippen LogP contribution in [0.5, 0.6) is 0 Å². The molecule has 0 aliphatic heterocycles. The molecule has 2 aromatic carbocycles. The first kappa shape index (κ1) is 17.9. The molecule has 1 heterocycles. The second kappa shape index (κ2) is 8.04. The average Bonchev–Trinajstić information content (AvgIpc) is 3.39. The summed E-state index contributed by atoms with van der Waals surface area (Å²) in [7, 11) is 0. The van der Waals surface area contributed by atoms with Gasteiger partial charge in [-0.3, -0.25) is 4.79 Å². The lowest BCUT2D eigenvalue weighted by molar-refractivity contribution is -0.130. The molecular formula is C21H20N4O3. The highest BCUT2D eigenvalue weighted by Gasteiger charge is 2.31. The number of aromatic nitrogens is 3. The zero-order chi connectivity index (χ0) is 19.3. The lowest BCUT2D eigenvalue weighted by Gasteiger charge is -2.18. The van der Waals surface area contributed by atoms with E-state index in [1.807, 2.05) is 30.3 Å². The van der Waals surface area contributed by atoms with Gasteiger partial charge in [0.25, 0.3) is 5.91 Å². The molecule has 7 nitrogen and oxygen atoms in total. The summed E-state index contributed by atoms with van der Waals surface area (Å²) in [5.74, 6) is -0.822. The fourth-order valence-electron chi connectivity index (χ4n) is 2.83. The molecule has 1 N–H and O–H groups in total. The number of ether oxygens (including phenoxy) is 1. The standard InChI is InChI=1S/C21H20N4O3/c26-20(24-18-10-11-18)19(16-4-2-1-3-5-16)28-21(27)17-8-6-15(7-9-17)12-25-14-22-13-23-25/h1-9,13-14,18-19H,10-12H2,(H,24,26). The van der Waals surface area contributed by atoms with Gasteiger partial charge in [0.1, 0.15) is 12.7 Å². The van der Waals surface area contributed by atoms with Crippen LogP contribution in [-0.2, 0) is 16.1 Å². The van der Waals surface area contributed by atoms with Gasteiger partial charge >= 0.3 is 5.97 Å². The first-order valence-electron chi connectivity index (χ1n) is 9.17. The Balaban J connectivity index is 1.46. The minimum atomic E-state index is -0.968. The highest BCUT2D eigenvalue weighted by atomic mass is 16.5. The smallest absolute Gasteiger partial charge is 0.339 e. The van der Waals surface area contributed by atoms with Gasteiger partial charge in [-0.25, -0.2) is 14.5 Å². The number of carbonyl (C=O) groups is 2. The quantitative estimate of drug-likeness (QED) is 0.641. The summed E-state index contributed by atoms with van der Waals surface area (Å²) in [6.07, 6.45) is 4.07. The molecule has 28 heavy (non-hydrogen) atoms. The normalized spacial score (nSPS) is 14.3. The van der Waals surface area contributed by atoms with Gasteiger partial charge in [-0.1, -0.05) is 42.5 Å². The number of hydrogen-bond donors (Lipinski definition) is 1. The maximum absolute atomic E-state index is 12.6. The van der Waals surface area contributed by atoms with E-state index in [9.17, 15) is 9.59 Å². The third-order valence-electron chi connectivity index (χ3n) is 4.49. The molecule has 0 bridgehead atoms. The van der Waals surface area contributed by atoms with Gasteiger partial charge in [0.2, 0.25) is 6.10 Å². The lowest BCUT2D eigenvalue weighted by atomic mass is 10.1. The Hall–Kier alpha value is -3.48. The fraction of sp³-hybridized carbons (Fsp3) is 0.238. The number of rotatable bonds is 7. The molecule has 0 spiro atoms. The molecule has 1 amide bonds. The van der Waals surface area contributed by atoms with Crippen LogP contribution in [0.1, 0.15) is 40.4 Å². The molecule has 1 aliphatic rings. The second-order valence-electron chi connectivity index (χ2n) is 6.77. The number of amides is 1. The molecule has 1 aromatic heterocycles. The first-order chi connectivity index (χ1) is 13.7. The van der Waals surface area contributed by atoms with E-state index in [2.05, 4.69) is 15.4 Å². The Bertz CT molecular complexity index is 936. The van der Waals surface area contributed by atoms with E-state index in [1.54, 1.807) is 35.3 Å². The number of nitrogens with zero attached hydrogens (tertiary/aromatic N) is 3. The van der Waals surface area contributed by atoms with Gasteiger partial charge in [-0.05, 0) is 30.5 Å². The minimum absolute atomic E-state index is 0.188. The summed E-state index contributed by atoms with van der Waals surface area (Å²) >= 11 is 0. The van der Waals surface area contributed by atoms with Gasteiger partial charge in [-0.2, -0.15) is 5.10 Å². The van der Waals surface area contributed by atoms with E-state index in [4.69, 9.17) is 4.74 Å². The van der Waals surface area contributed by atoms with E-state index in [1.165, 1.54) is 6.33 Å². The second-order valence-corrected chi connectivity index (χ2v) is 6.77. The maximum Gasteiger partial charge on any atom is 0.339 e. The summed E-state index contributed by atoms with van der Waals surface area (Å²) in [6.45, 7) is 0.561. The third-order valence-corrected chi connectivity index (χ3v) is 4.49. The average molecular weight is 376 g/mol. The molecule has 0 radical (unpaired) electrons. The van der Waals surface area contributed by atoms with Gasteiger partial charge in [0.05, 0.1) is 12.1 Å². The molecule has 1 aliphatic carbocycles. The number of benzene rings is 2. The van der Waals surface area contributed by atoms with Gasteiger partial charge in [0.15, 0.2) is 0 Å². The number of hydrogen-bond acceptors (Lipinski definition) is 5. The fourth-order valence-corrected chi connectivity index (χ4v) is 2.83. The highest BCUT2D eigenvalue weighted by molar-refractivity contribution is 5.92. The monoisotopic (exact) mass is 376 g/mol. The highest BCUT2D eigenvalue weighted by Crippen LogP contribution is 2.24. The number of carbonyl (C=O) groups excluding carboxylic acids is 2. The van der Waals surface area contributed by atoms with Crippen molar-refractivity contribution in [2.45, 2.75) is 31.5 Å². The number of nitrogens with one attached hydrogen (secondary N) is 1. The van der Waals surface area contributed by atoms with Crippen molar-refractivity contribution in [1.82, 2.24) is 20.1 Å². The Morgan fingerprint density at radius 3 is 2.50 bits per heavy atom. The molecule has 1 atom stereocenters. The molecule has 1 saturated carbocycles. The maximum atomic E-state index is 12.6. The van der Waals surface area contributed by atoms with Crippen LogP contribution in [0, 0.1) is 0 Å².